The second-order valence-electron chi connectivity index (χ2n) is 5.79. The predicted octanol–water partition coefficient (Wildman–Crippen LogP) is 2.08. The van der Waals surface area contributed by atoms with Gasteiger partial charge in [0.1, 0.15) is 0 Å². The van der Waals surface area contributed by atoms with E-state index in [1.807, 2.05) is 30.3 Å². The van der Waals surface area contributed by atoms with Gasteiger partial charge in [0.15, 0.2) is 0 Å². The van der Waals surface area contributed by atoms with Gasteiger partial charge in [-0.25, -0.2) is 0 Å². The van der Waals surface area contributed by atoms with E-state index in [4.69, 9.17) is 0 Å². The zero-order valence-electron chi connectivity index (χ0n) is 13.6. The van der Waals surface area contributed by atoms with E-state index >= 15 is 0 Å². The van der Waals surface area contributed by atoms with Crippen molar-refractivity contribution >= 4 is 5.91 Å². The number of unbranched alkanes of at least 4 members (excludes halogenated alkanes) is 1. The molecule has 0 aliphatic heterocycles. The molecular weight excluding hydrogens is 262 g/mol. The van der Waals surface area contributed by atoms with Gasteiger partial charge in [-0.3, -0.25) is 4.79 Å². The van der Waals surface area contributed by atoms with Gasteiger partial charge >= 0.3 is 0 Å². The molecule has 1 aromatic rings. The first-order chi connectivity index (χ1) is 10.1. The number of hydrogen-bond acceptors (Lipinski definition) is 3. The van der Waals surface area contributed by atoms with Crippen molar-refractivity contribution in [2.75, 3.05) is 47.3 Å². The highest BCUT2D eigenvalue weighted by atomic mass is 16.1. The van der Waals surface area contributed by atoms with E-state index < -0.39 is 0 Å². The van der Waals surface area contributed by atoms with Crippen molar-refractivity contribution in [1.29, 1.82) is 0 Å². The summed E-state index contributed by atoms with van der Waals surface area (Å²) in [6, 6.07) is 9.37. The smallest absolute Gasteiger partial charge is 0.251 e. The largest absolute Gasteiger partial charge is 0.352 e. The fourth-order valence-corrected chi connectivity index (χ4v) is 2.16. The van der Waals surface area contributed by atoms with Gasteiger partial charge in [-0.2, -0.15) is 0 Å². The van der Waals surface area contributed by atoms with Gasteiger partial charge in [0.2, 0.25) is 0 Å². The van der Waals surface area contributed by atoms with E-state index in [9.17, 15) is 4.79 Å². The average molecular weight is 291 g/mol. The Labute approximate surface area is 129 Å². The quantitative estimate of drug-likeness (QED) is 0.670. The van der Waals surface area contributed by atoms with Crippen LogP contribution in [-0.2, 0) is 0 Å². The normalized spacial score (nSPS) is 11.1. The summed E-state index contributed by atoms with van der Waals surface area (Å²) in [5.74, 6) is 0.0178. The number of hydrogen-bond donors (Lipinski definition) is 1. The Hall–Kier alpha value is -1.39. The third kappa shape index (κ3) is 8.48. The molecule has 0 atom stereocenters. The molecule has 0 aliphatic rings. The van der Waals surface area contributed by atoms with E-state index in [1.165, 1.54) is 12.8 Å². The van der Waals surface area contributed by atoms with Crippen LogP contribution >= 0.6 is 0 Å². The average Bonchev–Trinajstić information content (AvgIpc) is 2.48. The molecule has 4 nitrogen and oxygen atoms in total. The third-order valence-electron chi connectivity index (χ3n) is 3.43. The zero-order valence-corrected chi connectivity index (χ0v) is 13.6. The minimum Gasteiger partial charge on any atom is -0.352 e. The van der Waals surface area contributed by atoms with Crippen molar-refractivity contribution in [3.05, 3.63) is 35.9 Å². The molecule has 0 unspecified atom stereocenters. The summed E-state index contributed by atoms with van der Waals surface area (Å²) < 4.78 is 0. The minimum atomic E-state index is 0.0178. The summed E-state index contributed by atoms with van der Waals surface area (Å²) in [4.78, 5) is 16.4. The molecule has 0 bridgehead atoms. The second kappa shape index (κ2) is 10.4. The maximum atomic E-state index is 11.8. The Bertz CT molecular complexity index is 392. The van der Waals surface area contributed by atoms with Crippen LogP contribution in [0.4, 0.5) is 0 Å². The van der Waals surface area contributed by atoms with Crippen molar-refractivity contribution in [1.82, 2.24) is 15.1 Å². The molecule has 4 heteroatoms. The Morgan fingerprint density at radius 3 is 2.24 bits per heavy atom. The lowest BCUT2D eigenvalue weighted by molar-refractivity contribution is 0.0952. The van der Waals surface area contributed by atoms with Crippen LogP contribution in [0, 0.1) is 0 Å². The number of nitrogens with zero attached hydrogens (tertiary/aromatic N) is 2. The van der Waals surface area contributed by atoms with Crippen LogP contribution in [-0.4, -0.2) is 63.0 Å². The van der Waals surface area contributed by atoms with Gasteiger partial charge in [0, 0.05) is 12.1 Å². The van der Waals surface area contributed by atoms with Gasteiger partial charge in [-0.15, -0.1) is 0 Å². The Morgan fingerprint density at radius 2 is 1.57 bits per heavy atom. The highest BCUT2D eigenvalue weighted by molar-refractivity contribution is 5.94. The summed E-state index contributed by atoms with van der Waals surface area (Å²) in [6.07, 6.45) is 3.45. The summed E-state index contributed by atoms with van der Waals surface area (Å²) in [7, 11) is 6.37. The first-order valence-corrected chi connectivity index (χ1v) is 7.76. The van der Waals surface area contributed by atoms with Gasteiger partial charge < -0.3 is 15.1 Å². The Morgan fingerprint density at radius 1 is 0.952 bits per heavy atom. The lowest BCUT2D eigenvalue weighted by atomic mass is 10.2. The molecule has 0 aromatic heterocycles. The summed E-state index contributed by atoms with van der Waals surface area (Å²) in [5.41, 5.74) is 0.731. The molecule has 1 aromatic carbocycles. The molecule has 0 spiro atoms. The topological polar surface area (TPSA) is 35.6 Å². The standard InChI is InChI=1S/C17H29N3O/c1-19(2)13-7-8-14-20(3)15-9-12-18-17(21)16-10-5-4-6-11-16/h4-6,10-11H,7-9,12-15H2,1-3H3,(H,18,21). The van der Waals surface area contributed by atoms with Crippen LogP contribution < -0.4 is 5.32 Å². The molecule has 0 fully saturated rings. The van der Waals surface area contributed by atoms with E-state index in [0.717, 1.165) is 38.2 Å². The van der Waals surface area contributed by atoms with E-state index in [1.54, 1.807) is 0 Å². The van der Waals surface area contributed by atoms with Crippen LogP contribution in [0.3, 0.4) is 0 Å². The van der Waals surface area contributed by atoms with Crippen molar-refractivity contribution in [2.24, 2.45) is 0 Å². The van der Waals surface area contributed by atoms with Crippen LogP contribution in [0.15, 0.2) is 30.3 Å². The highest BCUT2D eigenvalue weighted by Gasteiger charge is 2.03. The van der Waals surface area contributed by atoms with Crippen molar-refractivity contribution in [2.45, 2.75) is 19.3 Å². The molecule has 118 valence electrons. The van der Waals surface area contributed by atoms with E-state index in [2.05, 4.69) is 36.3 Å². The predicted molar refractivity (Wildman–Crippen MR) is 88.7 cm³/mol. The number of carbonyl (C=O) groups excluding carboxylic acids is 1. The maximum absolute atomic E-state index is 11.8. The molecule has 1 rings (SSSR count). The van der Waals surface area contributed by atoms with Gasteiger partial charge in [0.05, 0.1) is 0 Å². The molecule has 0 saturated heterocycles. The summed E-state index contributed by atoms with van der Waals surface area (Å²) in [5, 5.41) is 2.96. The molecule has 0 radical (unpaired) electrons. The molecule has 21 heavy (non-hydrogen) atoms. The number of nitrogens with one attached hydrogen (secondary N) is 1. The fourth-order valence-electron chi connectivity index (χ4n) is 2.16. The molecular formula is C17H29N3O. The van der Waals surface area contributed by atoms with Gasteiger partial charge in [0.25, 0.3) is 5.91 Å². The fraction of sp³-hybridized carbons (Fsp3) is 0.588. The molecule has 1 N–H and O–H groups in total. The van der Waals surface area contributed by atoms with Crippen LogP contribution in [0.2, 0.25) is 0 Å². The minimum absolute atomic E-state index is 0.0178. The van der Waals surface area contributed by atoms with Crippen LogP contribution in [0.1, 0.15) is 29.6 Å². The lowest BCUT2D eigenvalue weighted by Crippen LogP contribution is -2.28. The number of benzene rings is 1. The summed E-state index contributed by atoms with van der Waals surface area (Å²) in [6.45, 7) is 4.04. The number of rotatable bonds is 10. The maximum Gasteiger partial charge on any atom is 0.251 e. The Kier molecular flexibility index (Phi) is 8.71. The third-order valence-corrected chi connectivity index (χ3v) is 3.43. The SMILES string of the molecule is CN(C)CCCCN(C)CCCNC(=O)c1ccccc1. The van der Waals surface area contributed by atoms with E-state index in [-0.39, 0.29) is 5.91 Å². The Balaban J connectivity index is 2.04. The lowest BCUT2D eigenvalue weighted by Gasteiger charge is -2.17. The first-order valence-electron chi connectivity index (χ1n) is 7.76. The monoisotopic (exact) mass is 291 g/mol. The van der Waals surface area contributed by atoms with Crippen molar-refractivity contribution < 1.29 is 4.79 Å². The molecule has 1 amide bonds. The number of carbonyl (C=O) groups is 1. The van der Waals surface area contributed by atoms with E-state index in [0.29, 0.717) is 0 Å². The van der Waals surface area contributed by atoms with Gasteiger partial charge in [-0.05, 0) is 72.2 Å². The second-order valence-corrected chi connectivity index (χ2v) is 5.79. The summed E-state index contributed by atoms with van der Waals surface area (Å²) >= 11 is 0. The van der Waals surface area contributed by atoms with Crippen LogP contribution in [0.25, 0.3) is 0 Å². The first kappa shape index (κ1) is 17.7. The highest BCUT2D eigenvalue weighted by Crippen LogP contribution is 1.98. The zero-order chi connectivity index (χ0) is 15.5. The van der Waals surface area contributed by atoms with Crippen molar-refractivity contribution in [3.8, 4) is 0 Å². The van der Waals surface area contributed by atoms with Crippen molar-refractivity contribution in [3.63, 3.8) is 0 Å². The van der Waals surface area contributed by atoms with Crippen LogP contribution in [0.5, 0.6) is 0 Å². The molecule has 0 saturated carbocycles. The van der Waals surface area contributed by atoms with Gasteiger partial charge in [-0.1, -0.05) is 18.2 Å². The number of amides is 1. The molecule has 0 heterocycles. The molecule has 0 aliphatic carbocycles.